The van der Waals surface area contributed by atoms with E-state index in [4.69, 9.17) is 0 Å². The quantitative estimate of drug-likeness (QED) is 0.841. The first-order valence-corrected chi connectivity index (χ1v) is 7.97. The van der Waals surface area contributed by atoms with Crippen molar-refractivity contribution in [2.45, 2.75) is 13.1 Å². The van der Waals surface area contributed by atoms with Gasteiger partial charge in [0.25, 0.3) is 0 Å². The Bertz CT molecular complexity index is 774. The molecular weight excluding hydrogens is 354 g/mol. The largest absolute Gasteiger partial charge is 0.322 e. The van der Waals surface area contributed by atoms with Gasteiger partial charge >= 0.3 is 12.6 Å². The lowest BCUT2D eigenvalue weighted by molar-refractivity contribution is 0.0620. The summed E-state index contributed by atoms with van der Waals surface area (Å²) in [6.07, 6.45) is 2.55. The fraction of sp³-hybridized carbons (Fsp3) is 0.375. The van der Waals surface area contributed by atoms with Crippen molar-refractivity contribution in [1.82, 2.24) is 19.4 Å². The minimum Gasteiger partial charge on any atom is -0.322 e. The zero-order valence-corrected chi connectivity index (χ0v) is 13.7. The van der Waals surface area contributed by atoms with Crippen LogP contribution >= 0.6 is 0 Å². The van der Waals surface area contributed by atoms with E-state index in [1.807, 2.05) is 4.90 Å². The Morgan fingerprint density at radius 1 is 1.19 bits per heavy atom. The van der Waals surface area contributed by atoms with Gasteiger partial charge in [-0.1, -0.05) is 0 Å². The maximum atomic E-state index is 13.6. The fourth-order valence-electron chi connectivity index (χ4n) is 2.74. The molecule has 2 heterocycles. The second-order valence-corrected chi connectivity index (χ2v) is 5.85. The number of aromatic nitrogens is 2. The van der Waals surface area contributed by atoms with Crippen LogP contribution in [0.5, 0.6) is 0 Å². The Morgan fingerprint density at radius 2 is 1.92 bits per heavy atom. The standard InChI is InChI=1S/C16H17F4N5O/c17-11-1-2-13(12(18)9-11)22-16(26)24-7-5-23(6-8-24)10-14-21-3-4-25(14)15(19)20/h1-4,9,15H,5-8,10H2,(H,22,26). The Kier molecular flexibility index (Phi) is 5.40. The Balaban J connectivity index is 1.53. The molecule has 0 bridgehead atoms. The van der Waals surface area contributed by atoms with Crippen molar-refractivity contribution in [2.24, 2.45) is 0 Å². The number of carbonyl (C=O) groups excluding carboxylic acids is 1. The molecule has 2 aromatic rings. The van der Waals surface area contributed by atoms with Crippen LogP contribution in [0.1, 0.15) is 12.4 Å². The van der Waals surface area contributed by atoms with Crippen molar-refractivity contribution < 1.29 is 22.4 Å². The van der Waals surface area contributed by atoms with E-state index in [9.17, 15) is 22.4 Å². The number of hydrogen-bond donors (Lipinski definition) is 1. The van der Waals surface area contributed by atoms with Crippen LogP contribution in [-0.2, 0) is 6.54 Å². The van der Waals surface area contributed by atoms with Crippen molar-refractivity contribution in [3.05, 3.63) is 48.1 Å². The van der Waals surface area contributed by atoms with Crippen LogP contribution < -0.4 is 5.32 Å². The number of halogens is 4. The van der Waals surface area contributed by atoms with E-state index in [1.54, 1.807) is 0 Å². The van der Waals surface area contributed by atoms with Crippen LogP contribution in [0.25, 0.3) is 0 Å². The molecular formula is C16H17F4N5O. The van der Waals surface area contributed by atoms with E-state index >= 15 is 0 Å². The number of imidazole rings is 1. The molecule has 1 aliphatic rings. The number of nitrogens with zero attached hydrogens (tertiary/aromatic N) is 4. The first kappa shape index (κ1) is 18.2. The lowest BCUT2D eigenvalue weighted by atomic mass is 10.3. The van der Waals surface area contributed by atoms with Gasteiger partial charge in [-0.2, -0.15) is 8.78 Å². The highest BCUT2D eigenvalue weighted by atomic mass is 19.3. The van der Waals surface area contributed by atoms with E-state index in [1.165, 1.54) is 17.3 Å². The van der Waals surface area contributed by atoms with Gasteiger partial charge in [0.05, 0.1) is 12.2 Å². The van der Waals surface area contributed by atoms with Gasteiger partial charge in [0, 0.05) is 44.6 Å². The minimum absolute atomic E-state index is 0.0993. The first-order chi connectivity index (χ1) is 12.4. The van der Waals surface area contributed by atoms with Crippen LogP contribution in [-0.4, -0.2) is 51.6 Å². The molecule has 0 radical (unpaired) electrons. The van der Waals surface area contributed by atoms with Crippen molar-refractivity contribution >= 4 is 11.7 Å². The maximum Gasteiger partial charge on any atom is 0.322 e. The van der Waals surface area contributed by atoms with E-state index in [0.29, 0.717) is 32.2 Å². The number of alkyl halides is 2. The summed E-state index contributed by atoms with van der Waals surface area (Å²) in [5.74, 6) is -1.32. The summed E-state index contributed by atoms with van der Waals surface area (Å²) in [4.78, 5) is 19.5. The number of nitrogens with one attached hydrogen (secondary N) is 1. The summed E-state index contributed by atoms with van der Waals surface area (Å²) in [6, 6.07) is 2.41. The Hall–Kier alpha value is -2.62. The van der Waals surface area contributed by atoms with Gasteiger partial charge in [-0.05, 0) is 12.1 Å². The number of piperazine rings is 1. The molecule has 3 rings (SSSR count). The zero-order valence-electron chi connectivity index (χ0n) is 13.7. The highest BCUT2D eigenvalue weighted by Crippen LogP contribution is 2.17. The third-order valence-corrected chi connectivity index (χ3v) is 4.16. The molecule has 1 aromatic heterocycles. The Morgan fingerprint density at radius 3 is 2.58 bits per heavy atom. The molecule has 1 aromatic carbocycles. The van der Waals surface area contributed by atoms with Crippen molar-refractivity contribution in [1.29, 1.82) is 0 Å². The van der Waals surface area contributed by atoms with Crippen LogP contribution in [0, 0.1) is 11.6 Å². The highest BCUT2D eigenvalue weighted by Gasteiger charge is 2.23. The lowest BCUT2D eigenvalue weighted by Gasteiger charge is -2.34. The van der Waals surface area contributed by atoms with Gasteiger partial charge < -0.3 is 10.2 Å². The minimum atomic E-state index is -2.65. The number of urea groups is 1. The molecule has 2 amide bonds. The second-order valence-electron chi connectivity index (χ2n) is 5.85. The summed E-state index contributed by atoms with van der Waals surface area (Å²) in [7, 11) is 0. The number of hydrogen-bond acceptors (Lipinski definition) is 3. The van der Waals surface area contributed by atoms with E-state index in [2.05, 4.69) is 10.3 Å². The molecule has 0 spiro atoms. The maximum absolute atomic E-state index is 13.6. The molecule has 1 N–H and O–H groups in total. The number of anilines is 1. The van der Waals surface area contributed by atoms with Crippen LogP contribution in [0.15, 0.2) is 30.6 Å². The van der Waals surface area contributed by atoms with Crippen LogP contribution in [0.4, 0.5) is 28.0 Å². The normalized spacial score (nSPS) is 15.5. The average Bonchev–Trinajstić information content (AvgIpc) is 3.06. The molecule has 0 aliphatic carbocycles. The highest BCUT2D eigenvalue weighted by molar-refractivity contribution is 5.89. The van der Waals surface area contributed by atoms with E-state index in [-0.39, 0.29) is 18.1 Å². The number of amides is 2. The van der Waals surface area contributed by atoms with Crippen molar-refractivity contribution in [3.8, 4) is 0 Å². The Labute approximate surface area is 147 Å². The summed E-state index contributed by atoms with van der Waals surface area (Å²) < 4.78 is 53.0. The molecule has 0 unspecified atom stereocenters. The lowest BCUT2D eigenvalue weighted by Crippen LogP contribution is -2.49. The zero-order chi connectivity index (χ0) is 18.7. The topological polar surface area (TPSA) is 53.4 Å². The predicted molar refractivity (Wildman–Crippen MR) is 85.7 cm³/mol. The van der Waals surface area contributed by atoms with Gasteiger partial charge in [-0.25, -0.2) is 18.6 Å². The van der Waals surface area contributed by atoms with E-state index < -0.39 is 24.2 Å². The molecule has 1 saturated heterocycles. The summed E-state index contributed by atoms with van der Waals surface area (Å²) in [5.41, 5.74) is -0.0993. The smallest absolute Gasteiger partial charge is 0.322 e. The SMILES string of the molecule is O=C(Nc1ccc(F)cc1F)N1CCN(Cc2nccn2C(F)F)CC1. The first-order valence-electron chi connectivity index (χ1n) is 7.97. The van der Waals surface area contributed by atoms with Crippen molar-refractivity contribution in [3.63, 3.8) is 0 Å². The third-order valence-electron chi connectivity index (χ3n) is 4.16. The number of carbonyl (C=O) groups is 1. The monoisotopic (exact) mass is 371 g/mol. The summed E-state index contributed by atoms with van der Waals surface area (Å²) in [6.45, 7) is -0.761. The van der Waals surface area contributed by atoms with Crippen LogP contribution in [0.3, 0.4) is 0 Å². The summed E-state index contributed by atoms with van der Waals surface area (Å²) in [5, 5.41) is 2.40. The van der Waals surface area contributed by atoms with Gasteiger partial charge in [-0.15, -0.1) is 0 Å². The number of rotatable bonds is 4. The molecule has 140 valence electrons. The molecule has 0 atom stereocenters. The molecule has 1 aliphatic heterocycles. The molecule has 6 nitrogen and oxygen atoms in total. The average molecular weight is 371 g/mol. The second kappa shape index (κ2) is 7.73. The third kappa shape index (κ3) is 4.13. The van der Waals surface area contributed by atoms with Crippen LogP contribution in [0.2, 0.25) is 0 Å². The molecule has 1 fully saturated rings. The van der Waals surface area contributed by atoms with E-state index in [0.717, 1.165) is 16.7 Å². The predicted octanol–water partition coefficient (Wildman–Crippen LogP) is 2.91. The van der Waals surface area contributed by atoms with Gasteiger partial charge in [-0.3, -0.25) is 9.47 Å². The molecule has 0 saturated carbocycles. The van der Waals surface area contributed by atoms with Crippen molar-refractivity contribution in [2.75, 3.05) is 31.5 Å². The van der Waals surface area contributed by atoms with Gasteiger partial charge in [0.2, 0.25) is 0 Å². The fourth-order valence-corrected chi connectivity index (χ4v) is 2.74. The summed E-state index contributed by atoms with van der Waals surface area (Å²) >= 11 is 0. The number of benzene rings is 1. The molecule has 26 heavy (non-hydrogen) atoms. The van der Waals surface area contributed by atoms with Gasteiger partial charge in [0.1, 0.15) is 17.5 Å². The van der Waals surface area contributed by atoms with Gasteiger partial charge in [0.15, 0.2) is 0 Å². The molecule has 10 heteroatoms.